The van der Waals surface area contributed by atoms with Gasteiger partial charge in [-0.3, -0.25) is 0 Å². The number of carbonyl (C=O) groups is 1. The molecule has 0 radical (unpaired) electrons. The van der Waals surface area contributed by atoms with Crippen LogP contribution in [0.15, 0.2) is 42.5 Å². The number of benzene rings is 2. The molecular formula is C22H25FO2. The van der Waals surface area contributed by atoms with Gasteiger partial charge in [-0.15, -0.1) is 0 Å². The topological polar surface area (TPSA) is 26.3 Å². The number of halogens is 1. The van der Waals surface area contributed by atoms with Crippen molar-refractivity contribution in [1.82, 2.24) is 0 Å². The van der Waals surface area contributed by atoms with E-state index in [4.69, 9.17) is 4.74 Å². The van der Waals surface area contributed by atoms with Crippen LogP contribution in [-0.2, 0) is 6.42 Å². The lowest BCUT2D eigenvalue weighted by Gasteiger charge is -2.26. The first kappa shape index (κ1) is 17.7. The molecule has 0 heterocycles. The van der Waals surface area contributed by atoms with Crippen LogP contribution < -0.4 is 4.74 Å². The fourth-order valence-electron chi connectivity index (χ4n) is 3.49. The monoisotopic (exact) mass is 340 g/mol. The van der Waals surface area contributed by atoms with Crippen molar-refractivity contribution in [2.24, 2.45) is 5.92 Å². The van der Waals surface area contributed by atoms with Gasteiger partial charge in [0.25, 0.3) is 0 Å². The number of aryl methyl sites for hydroxylation is 1. The van der Waals surface area contributed by atoms with E-state index in [-0.39, 0.29) is 5.75 Å². The van der Waals surface area contributed by atoms with Crippen molar-refractivity contribution >= 4 is 5.97 Å². The lowest BCUT2D eigenvalue weighted by atomic mass is 9.79. The Kier molecular flexibility index (Phi) is 5.52. The van der Waals surface area contributed by atoms with Gasteiger partial charge in [-0.05, 0) is 66.5 Å². The quantitative estimate of drug-likeness (QED) is 0.511. The Balaban J connectivity index is 1.66. The highest BCUT2D eigenvalue weighted by atomic mass is 19.1. The largest absolute Gasteiger partial charge is 0.420 e. The minimum Gasteiger partial charge on any atom is -0.420 e. The SMILES string of the molecule is CCc1ccc(OC(=O)c2ccc(C3CCC(C)CC3)cc2)c(F)c1. The summed E-state index contributed by atoms with van der Waals surface area (Å²) < 4.78 is 19.2. The second-order valence-corrected chi connectivity index (χ2v) is 7.09. The van der Waals surface area contributed by atoms with Crippen molar-refractivity contribution in [3.05, 3.63) is 65.0 Å². The summed E-state index contributed by atoms with van der Waals surface area (Å²) in [5.74, 6) is 0.361. The van der Waals surface area contributed by atoms with Gasteiger partial charge in [0.15, 0.2) is 11.6 Å². The Hall–Kier alpha value is -2.16. The van der Waals surface area contributed by atoms with Crippen molar-refractivity contribution in [2.45, 2.75) is 51.9 Å². The average Bonchev–Trinajstić information content (AvgIpc) is 2.64. The molecule has 3 rings (SSSR count). The lowest BCUT2D eigenvalue weighted by Crippen LogP contribution is -2.12. The highest BCUT2D eigenvalue weighted by molar-refractivity contribution is 5.91. The van der Waals surface area contributed by atoms with E-state index in [2.05, 4.69) is 6.92 Å². The zero-order chi connectivity index (χ0) is 17.8. The summed E-state index contributed by atoms with van der Waals surface area (Å²) in [6, 6.07) is 12.3. The van der Waals surface area contributed by atoms with Crippen LogP contribution in [0.1, 0.15) is 66.9 Å². The van der Waals surface area contributed by atoms with E-state index in [0.29, 0.717) is 11.5 Å². The molecule has 0 spiro atoms. The summed E-state index contributed by atoms with van der Waals surface area (Å²) in [6.45, 7) is 4.26. The Morgan fingerprint density at radius 2 is 1.76 bits per heavy atom. The summed E-state index contributed by atoms with van der Waals surface area (Å²) in [5, 5.41) is 0. The fraction of sp³-hybridized carbons (Fsp3) is 0.409. The molecule has 0 atom stereocenters. The zero-order valence-electron chi connectivity index (χ0n) is 14.9. The van der Waals surface area contributed by atoms with E-state index in [1.54, 1.807) is 18.2 Å². The summed E-state index contributed by atoms with van der Waals surface area (Å²) in [4.78, 5) is 12.3. The molecule has 2 aromatic rings. The maximum atomic E-state index is 14.0. The van der Waals surface area contributed by atoms with Crippen molar-refractivity contribution in [1.29, 1.82) is 0 Å². The zero-order valence-corrected chi connectivity index (χ0v) is 14.9. The first-order chi connectivity index (χ1) is 12.1. The molecule has 0 unspecified atom stereocenters. The molecule has 3 heteroatoms. The van der Waals surface area contributed by atoms with Crippen LogP contribution in [0.5, 0.6) is 5.75 Å². The van der Waals surface area contributed by atoms with Crippen LogP contribution in [0.2, 0.25) is 0 Å². The molecule has 0 saturated heterocycles. The third-order valence-corrected chi connectivity index (χ3v) is 5.24. The molecule has 132 valence electrons. The molecule has 0 bridgehead atoms. The van der Waals surface area contributed by atoms with Gasteiger partial charge in [0, 0.05) is 0 Å². The van der Waals surface area contributed by atoms with Gasteiger partial charge < -0.3 is 4.74 Å². The van der Waals surface area contributed by atoms with E-state index in [0.717, 1.165) is 17.9 Å². The fourth-order valence-corrected chi connectivity index (χ4v) is 3.49. The first-order valence-electron chi connectivity index (χ1n) is 9.17. The second-order valence-electron chi connectivity index (χ2n) is 7.09. The first-order valence-corrected chi connectivity index (χ1v) is 9.17. The molecule has 0 aliphatic heterocycles. The molecule has 2 nitrogen and oxygen atoms in total. The third kappa shape index (κ3) is 4.28. The molecule has 0 N–H and O–H groups in total. The molecule has 1 aliphatic rings. The number of ether oxygens (including phenoxy) is 1. The molecule has 25 heavy (non-hydrogen) atoms. The van der Waals surface area contributed by atoms with Crippen LogP contribution in [0.4, 0.5) is 4.39 Å². The third-order valence-electron chi connectivity index (χ3n) is 5.24. The summed E-state index contributed by atoms with van der Waals surface area (Å²) in [5.41, 5.74) is 2.61. The van der Waals surface area contributed by atoms with Crippen LogP contribution >= 0.6 is 0 Å². The van der Waals surface area contributed by atoms with Gasteiger partial charge in [0.05, 0.1) is 5.56 Å². The van der Waals surface area contributed by atoms with Crippen LogP contribution in [-0.4, -0.2) is 5.97 Å². The predicted molar refractivity (Wildman–Crippen MR) is 97.6 cm³/mol. The standard InChI is InChI=1S/C22H25FO2/c1-3-16-6-13-21(20(23)14-16)25-22(24)19-11-9-18(10-12-19)17-7-4-15(2)5-8-17/h6,9-15,17H,3-5,7-8H2,1-2H3. The van der Waals surface area contributed by atoms with Gasteiger partial charge in [0.1, 0.15) is 0 Å². The van der Waals surface area contributed by atoms with E-state index < -0.39 is 11.8 Å². The van der Waals surface area contributed by atoms with Crippen molar-refractivity contribution in [2.75, 3.05) is 0 Å². The molecular weight excluding hydrogens is 315 g/mol. The molecule has 1 saturated carbocycles. The van der Waals surface area contributed by atoms with Crippen LogP contribution in [0.25, 0.3) is 0 Å². The molecule has 1 aliphatic carbocycles. The van der Waals surface area contributed by atoms with Gasteiger partial charge in [0.2, 0.25) is 0 Å². The molecule has 0 aromatic heterocycles. The number of hydrogen-bond donors (Lipinski definition) is 0. The van der Waals surface area contributed by atoms with Crippen molar-refractivity contribution < 1.29 is 13.9 Å². The van der Waals surface area contributed by atoms with Gasteiger partial charge >= 0.3 is 5.97 Å². The average molecular weight is 340 g/mol. The van der Waals surface area contributed by atoms with Gasteiger partial charge in [-0.25, -0.2) is 9.18 Å². The number of hydrogen-bond acceptors (Lipinski definition) is 2. The number of carbonyl (C=O) groups excluding carboxylic acids is 1. The summed E-state index contributed by atoms with van der Waals surface area (Å²) >= 11 is 0. The van der Waals surface area contributed by atoms with E-state index in [1.165, 1.54) is 43.4 Å². The smallest absolute Gasteiger partial charge is 0.343 e. The molecule has 2 aromatic carbocycles. The van der Waals surface area contributed by atoms with Crippen LogP contribution in [0.3, 0.4) is 0 Å². The van der Waals surface area contributed by atoms with E-state index in [1.807, 2.05) is 19.1 Å². The Morgan fingerprint density at radius 3 is 2.36 bits per heavy atom. The Labute approximate surface area is 149 Å². The minimum atomic E-state index is -0.521. The summed E-state index contributed by atoms with van der Waals surface area (Å²) in [6.07, 6.45) is 5.69. The number of esters is 1. The second kappa shape index (κ2) is 7.81. The Morgan fingerprint density at radius 1 is 1.08 bits per heavy atom. The summed E-state index contributed by atoms with van der Waals surface area (Å²) in [7, 11) is 0. The maximum Gasteiger partial charge on any atom is 0.343 e. The highest BCUT2D eigenvalue weighted by Crippen LogP contribution is 2.35. The Bertz CT molecular complexity index is 728. The van der Waals surface area contributed by atoms with Crippen molar-refractivity contribution in [3.8, 4) is 5.75 Å². The van der Waals surface area contributed by atoms with E-state index in [9.17, 15) is 9.18 Å². The number of rotatable bonds is 4. The van der Waals surface area contributed by atoms with Gasteiger partial charge in [-0.2, -0.15) is 0 Å². The lowest BCUT2D eigenvalue weighted by molar-refractivity contribution is 0.0728. The molecule has 0 amide bonds. The van der Waals surface area contributed by atoms with Gasteiger partial charge in [-0.1, -0.05) is 44.9 Å². The maximum absolute atomic E-state index is 14.0. The molecule has 1 fully saturated rings. The predicted octanol–water partition coefficient (Wildman–Crippen LogP) is 5.90. The van der Waals surface area contributed by atoms with E-state index >= 15 is 0 Å². The minimum absolute atomic E-state index is 0.0208. The van der Waals surface area contributed by atoms with Crippen LogP contribution in [0, 0.1) is 11.7 Å². The normalized spacial score (nSPS) is 20.3. The highest BCUT2D eigenvalue weighted by Gasteiger charge is 2.20. The van der Waals surface area contributed by atoms with Crippen molar-refractivity contribution in [3.63, 3.8) is 0 Å².